The lowest BCUT2D eigenvalue weighted by molar-refractivity contribution is 0.0466. The number of ether oxygens (including phenoxy) is 1. The molecule has 3 rings (SSSR count). The molecule has 0 aliphatic rings. The molecule has 0 radical (unpaired) electrons. The summed E-state index contributed by atoms with van der Waals surface area (Å²) < 4.78 is 6.78. The maximum absolute atomic E-state index is 12.2. The van der Waals surface area contributed by atoms with Gasteiger partial charge >= 0.3 is 5.97 Å². The topological polar surface area (TPSA) is 73.6 Å². The Hall–Kier alpha value is -3.02. The van der Waals surface area contributed by atoms with Crippen LogP contribution in [-0.4, -0.2) is 20.3 Å². The minimum absolute atomic E-state index is 0.0517. The zero-order valence-electron chi connectivity index (χ0n) is 13.5. The van der Waals surface area contributed by atoms with Gasteiger partial charge in [0.1, 0.15) is 12.3 Å². The van der Waals surface area contributed by atoms with E-state index in [4.69, 9.17) is 4.74 Å². The molecule has 0 amide bonds. The lowest BCUT2D eigenvalue weighted by Gasteiger charge is -2.08. The second-order valence-electron chi connectivity index (χ2n) is 5.48. The van der Waals surface area contributed by atoms with Crippen molar-refractivity contribution >= 4 is 11.6 Å². The third-order valence-corrected chi connectivity index (χ3v) is 3.72. The number of carbonyl (C=O) groups is 1. The van der Waals surface area contributed by atoms with Gasteiger partial charge in [-0.05, 0) is 36.6 Å². The van der Waals surface area contributed by atoms with Crippen molar-refractivity contribution in [1.82, 2.24) is 14.4 Å². The van der Waals surface area contributed by atoms with Gasteiger partial charge in [-0.1, -0.05) is 13.0 Å². The van der Waals surface area contributed by atoms with Gasteiger partial charge in [0.2, 0.25) is 0 Å². The molecule has 3 heterocycles. The molecule has 6 nitrogen and oxygen atoms in total. The minimum atomic E-state index is -0.444. The maximum Gasteiger partial charge on any atom is 0.338 e. The van der Waals surface area contributed by atoms with Gasteiger partial charge in [0.15, 0.2) is 0 Å². The number of hydrogen-bond acceptors (Lipinski definition) is 5. The van der Waals surface area contributed by atoms with Gasteiger partial charge in [-0.25, -0.2) is 9.78 Å². The summed E-state index contributed by atoms with van der Waals surface area (Å²) in [4.78, 5) is 32.7. The molecule has 0 aliphatic carbocycles. The predicted octanol–water partition coefficient (Wildman–Crippen LogP) is 2.32. The van der Waals surface area contributed by atoms with E-state index in [1.165, 1.54) is 10.5 Å². The first-order valence-electron chi connectivity index (χ1n) is 7.67. The summed E-state index contributed by atoms with van der Waals surface area (Å²) in [5.41, 5.74) is 3.02. The van der Waals surface area contributed by atoms with Crippen LogP contribution >= 0.6 is 0 Å². The monoisotopic (exact) mass is 323 g/mol. The lowest BCUT2D eigenvalue weighted by Crippen LogP contribution is -2.17. The van der Waals surface area contributed by atoms with Gasteiger partial charge in [-0.2, -0.15) is 0 Å². The lowest BCUT2D eigenvalue weighted by atomic mass is 10.1. The first kappa shape index (κ1) is 15.9. The molecule has 3 aromatic rings. The van der Waals surface area contributed by atoms with E-state index >= 15 is 0 Å². The molecular weight excluding hydrogens is 306 g/mol. The smallest absolute Gasteiger partial charge is 0.338 e. The Morgan fingerprint density at radius 3 is 2.92 bits per heavy atom. The molecule has 0 spiro atoms. The highest BCUT2D eigenvalue weighted by Crippen LogP contribution is 2.11. The molecule has 0 atom stereocenters. The quantitative estimate of drug-likeness (QED) is 0.689. The number of nitrogens with zero attached hydrogens (tertiary/aromatic N) is 3. The van der Waals surface area contributed by atoms with Gasteiger partial charge in [0.05, 0.1) is 11.3 Å². The van der Waals surface area contributed by atoms with Crippen LogP contribution in [0.4, 0.5) is 0 Å². The molecule has 6 heteroatoms. The summed E-state index contributed by atoms with van der Waals surface area (Å²) >= 11 is 0. The van der Waals surface area contributed by atoms with E-state index in [-0.39, 0.29) is 12.2 Å². The highest BCUT2D eigenvalue weighted by molar-refractivity contribution is 5.90. The van der Waals surface area contributed by atoms with Crippen molar-refractivity contribution in [1.29, 1.82) is 0 Å². The van der Waals surface area contributed by atoms with E-state index in [9.17, 15) is 9.59 Å². The zero-order chi connectivity index (χ0) is 17.1. The van der Waals surface area contributed by atoms with Crippen LogP contribution in [0.1, 0.15) is 34.1 Å². The van der Waals surface area contributed by atoms with Crippen LogP contribution in [0.5, 0.6) is 0 Å². The van der Waals surface area contributed by atoms with E-state index in [0.717, 1.165) is 11.1 Å². The number of carbonyl (C=O) groups excluding carboxylic acids is 1. The average Bonchev–Trinajstić information content (AvgIpc) is 2.60. The van der Waals surface area contributed by atoms with Gasteiger partial charge in [-0.3, -0.25) is 14.2 Å². The van der Waals surface area contributed by atoms with E-state index in [0.29, 0.717) is 23.3 Å². The summed E-state index contributed by atoms with van der Waals surface area (Å²) in [6, 6.07) is 6.65. The summed E-state index contributed by atoms with van der Waals surface area (Å²) in [5, 5.41) is 0. The number of aromatic nitrogens is 3. The van der Waals surface area contributed by atoms with Crippen molar-refractivity contribution < 1.29 is 9.53 Å². The average molecular weight is 323 g/mol. The second kappa shape index (κ2) is 6.62. The van der Waals surface area contributed by atoms with Crippen LogP contribution in [0.25, 0.3) is 5.65 Å². The van der Waals surface area contributed by atoms with Crippen LogP contribution < -0.4 is 5.56 Å². The van der Waals surface area contributed by atoms with Crippen molar-refractivity contribution in [3.8, 4) is 0 Å². The predicted molar refractivity (Wildman–Crippen MR) is 88.9 cm³/mol. The molecule has 24 heavy (non-hydrogen) atoms. The first-order chi connectivity index (χ1) is 11.6. The molecule has 0 saturated heterocycles. The third kappa shape index (κ3) is 3.17. The van der Waals surface area contributed by atoms with Crippen LogP contribution in [-0.2, 0) is 17.8 Å². The Morgan fingerprint density at radius 2 is 2.12 bits per heavy atom. The maximum atomic E-state index is 12.2. The largest absolute Gasteiger partial charge is 0.456 e. The van der Waals surface area contributed by atoms with Crippen molar-refractivity contribution in [2.24, 2.45) is 0 Å². The van der Waals surface area contributed by atoms with E-state index in [1.807, 2.05) is 19.9 Å². The van der Waals surface area contributed by atoms with Gasteiger partial charge in [-0.15, -0.1) is 0 Å². The number of fused-ring (bicyclic) bond motifs is 1. The molecule has 0 unspecified atom stereocenters. The number of hydrogen-bond donors (Lipinski definition) is 0. The fraction of sp³-hybridized carbons (Fsp3) is 0.222. The fourth-order valence-corrected chi connectivity index (χ4v) is 2.46. The van der Waals surface area contributed by atoms with Crippen molar-refractivity contribution in [2.45, 2.75) is 26.9 Å². The Bertz CT molecular complexity index is 963. The second-order valence-corrected chi connectivity index (χ2v) is 5.48. The number of esters is 1. The summed E-state index contributed by atoms with van der Waals surface area (Å²) in [5.74, 6) is -0.444. The van der Waals surface area contributed by atoms with Gasteiger partial charge < -0.3 is 4.74 Å². The third-order valence-electron chi connectivity index (χ3n) is 3.72. The Morgan fingerprint density at radius 1 is 1.29 bits per heavy atom. The van der Waals surface area contributed by atoms with Crippen molar-refractivity contribution in [3.05, 3.63) is 75.6 Å². The Kier molecular flexibility index (Phi) is 4.37. The molecular formula is C18H17N3O3. The molecule has 0 fully saturated rings. The number of aryl methyl sites for hydroxylation is 2. The van der Waals surface area contributed by atoms with Gasteiger partial charge in [0, 0.05) is 24.7 Å². The van der Waals surface area contributed by atoms with Gasteiger partial charge in [0.25, 0.3) is 5.56 Å². The fourth-order valence-electron chi connectivity index (χ4n) is 2.46. The SMILES string of the molecule is CCc1cnccc1C(=O)OCc1cc(=O)n2cc(C)ccc2n1. The molecule has 122 valence electrons. The molecule has 0 saturated carbocycles. The van der Waals surface area contributed by atoms with E-state index in [2.05, 4.69) is 9.97 Å². The van der Waals surface area contributed by atoms with E-state index < -0.39 is 5.97 Å². The highest BCUT2D eigenvalue weighted by Gasteiger charge is 2.12. The van der Waals surface area contributed by atoms with Crippen LogP contribution in [0.15, 0.2) is 47.7 Å². The molecule has 0 bridgehead atoms. The molecule has 0 aliphatic heterocycles. The number of pyridine rings is 2. The summed E-state index contributed by atoms with van der Waals surface area (Å²) in [6.45, 7) is 3.80. The van der Waals surface area contributed by atoms with Crippen LogP contribution in [0.3, 0.4) is 0 Å². The Labute approximate surface area is 138 Å². The standard InChI is InChI=1S/C18H17N3O3/c1-3-13-9-19-7-6-15(13)18(23)24-11-14-8-17(22)21-10-12(2)4-5-16(21)20-14/h4-10H,3,11H2,1-2H3. The normalized spacial score (nSPS) is 10.8. The van der Waals surface area contributed by atoms with Crippen LogP contribution in [0, 0.1) is 6.92 Å². The summed E-state index contributed by atoms with van der Waals surface area (Å²) in [7, 11) is 0. The van der Waals surface area contributed by atoms with Crippen molar-refractivity contribution in [3.63, 3.8) is 0 Å². The van der Waals surface area contributed by atoms with Crippen LogP contribution in [0.2, 0.25) is 0 Å². The molecule has 3 aromatic heterocycles. The minimum Gasteiger partial charge on any atom is -0.456 e. The first-order valence-corrected chi connectivity index (χ1v) is 7.67. The van der Waals surface area contributed by atoms with Crippen molar-refractivity contribution in [2.75, 3.05) is 0 Å². The molecule has 0 aromatic carbocycles. The Balaban J connectivity index is 1.82. The molecule has 0 N–H and O–H groups in total. The van der Waals surface area contributed by atoms with E-state index in [1.54, 1.807) is 30.7 Å². The summed E-state index contributed by atoms with van der Waals surface area (Å²) in [6.07, 6.45) is 5.62. The zero-order valence-corrected chi connectivity index (χ0v) is 13.5. The number of rotatable bonds is 4. The highest BCUT2D eigenvalue weighted by atomic mass is 16.5.